The Morgan fingerprint density at radius 3 is 3.04 bits per heavy atom. The monoisotopic (exact) mass is 309 g/mol. The Hall–Kier alpha value is -2.56. The predicted molar refractivity (Wildman–Crippen MR) is 88.4 cm³/mol. The maximum Gasteiger partial charge on any atom is 0.234 e. The predicted octanol–water partition coefficient (Wildman–Crippen LogP) is 3.23. The van der Waals surface area contributed by atoms with Crippen LogP contribution in [0.1, 0.15) is 29.7 Å². The third-order valence-electron chi connectivity index (χ3n) is 4.54. The van der Waals surface area contributed by atoms with Crippen molar-refractivity contribution >= 4 is 22.7 Å². The highest BCUT2D eigenvalue weighted by Gasteiger charge is 2.21. The van der Waals surface area contributed by atoms with Gasteiger partial charge in [0.15, 0.2) is 0 Å². The Balaban J connectivity index is 1.55. The summed E-state index contributed by atoms with van der Waals surface area (Å²) in [5, 5.41) is 8.09. The van der Waals surface area contributed by atoms with Crippen LogP contribution in [0.15, 0.2) is 35.0 Å². The van der Waals surface area contributed by atoms with Crippen molar-refractivity contribution < 1.29 is 9.32 Å². The van der Waals surface area contributed by atoms with Gasteiger partial charge in [0.05, 0.1) is 12.1 Å². The van der Waals surface area contributed by atoms with Crippen LogP contribution in [0.3, 0.4) is 0 Å². The van der Waals surface area contributed by atoms with Gasteiger partial charge in [0, 0.05) is 29.7 Å². The molecule has 5 heteroatoms. The van der Waals surface area contributed by atoms with Gasteiger partial charge in [-0.1, -0.05) is 23.4 Å². The lowest BCUT2D eigenvalue weighted by Crippen LogP contribution is -2.15. The molecule has 0 atom stereocenters. The summed E-state index contributed by atoms with van der Waals surface area (Å²) in [6.07, 6.45) is 6.49. The Kier molecular flexibility index (Phi) is 3.41. The number of nitrogens with one attached hydrogen (secondary N) is 1. The fourth-order valence-corrected chi connectivity index (χ4v) is 3.40. The number of amides is 1. The highest BCUT2D eigenvalue weighted by atomic mass is 16.5. The number of aromatic nitrogens is 2. The van der Waals surface area contributed by atoms with Crippen LogP contribution >= 0.6 is 0 Å². The smallest absolute Gasteiger partial charge is 0.234 e. The quantitative estimate of drug-likeness (QED) is 0.808. The van der Waals surface area contributed by atoms with Gasteiger partial charge >= 0.3 is 0 Å². The molecule has 0 unspecified atom stereocenters. The number of fused-ring (bicyclic) bond motifs is 2. The Bertz CT molecular complexity index is 876. The van der Waals surface area contributed by atoms with Crippen molar-refractivity contribution in [1.29, 1.82) is 0 Å². The Labute approximate surface area is 134 Å². The molecule has 0 radical (unpaired) electrons. The molecule has 1 aliphatic rings. The summed E-state index contributed by atoms with van der Waals surface area (Å²) in [6.45, 7) is 0. The first-order valence-corrected chi connectivity index (χ1v) is 8.02. The van der Waals surface area contributed by atoms with Gasteiger partial charge in [-0.2, -0.15) is 0 Å². The number of hydrogen-bond donors (Lipinski definition) is 1. The van der Waals surface area contributed by atoms with Crippen LogP contribution in [0.5, 0.6) is 0 Å². The molecule has 23 heavy (non-hydrogen) atoms. The molecule has 2 aromatic heterocycles. The summed E-state index contributed by atoms with van der Waals surface area (Å²) in [4.78, 5) is 12.4. The van der Waals surface area contributed by atoms with E-state index in [9.17, 15) is 4.79 Å². The van der Waals surface area contributed by atoms with Crippen molar-refractivity contribution in [3.63, 3.8) is 0 Å². The maximum absolute atomic E-state index is 12.4. The SMILES string of the molecule is Cn1cc(CC(=O)Nc2onc3c2CCCC3)c2ccccc21. The fraction of sp³-hybridized carbons (Fsp3) is 0.333. The molecule has 5 nitrogen and oxygen atoms in total. The molecule has 2 heterocycles. The zero-order valence-corrected chi connectivity index (χ0v) is 13.1. The third kappa shape index (κ3) is 2.52. The van der Waals surface area contributed by atoms with E-state index in [2.05, 4.69) is 16.5 Å². The van der Waals surface area contributed by atoms with E-state index < -0.39 is 0 Å². The molecule has 0 aliphatic heterocycles. The number of rotatable bonds is 3. The van der Waals surface area contributed by atoms with E-state index in [-0.39, 0.29) is 5.91 Å². The van der Waals surface area contributed by atoms with Gasteiger partial charge < -0.3 is 9.09 Å². The minimum Gasteiger partial charge on any atom is -0.350 e. The summed E-state index contributed by atoms with van der Waals surface area (Å²) in [5.41, 5.74) is 4.22. The molecule has 0 fully saturated rings. The molecule has 3 aromatic rings. The number of para-hydroxylation sites is 1. The number of benzene rings is 1. The summed E-state index contributed by atoms with van der Waals surface area (Å²) in [7, 11) is 2.00. The number of aryl methyl sites for hydroxylation is 2. The number of hydrogen-bond acceptors (Lipinski definition) is 3. The standard InChI is InChI=1S/C18H19N3O2/c1-21-11-12(13-6-3-5-9-16(13)21)10-17(22)19-18-14-7-2-4-8-15(14)20-23-18/h3,5-6,9,11H,2,4,7-8,10H2,1H3,(H,19,22). The minimum atomic E-state index is -0.0640. The first-order valence-electron chi connectivity index (χ1n) is 8.02. The van der Waals surface area contributed by atoms with Crippen LogP contribution in [0, 0.1) is 0 Å². The second kappa shape index (κ2) is 5.57. The zero-order valence-electron chi connectivity index (χ0n) is 13.1. The number of carbonyl (C=O) groups is 1. The number of carbonyl (C=O) groups excluding carboxylic acids is 1. The number of nitrogens with zero attached hydrogens (tertiary/aromatic N) is 2. The number of anilines is 1. The van der Waals surface area contributed by atoms with Gasteiger partial charge in [-0.05, 0) is 37.3 Å². The molecule has 1 aromatic carbocycles. The van der Waals surface area contributed by atoms with Crippen molar-refractivity contribution in [2.45, 2.75) is 32.1 Å². The Morgan fingerprint density at radius 2 is 2.13 bits per heavy atom. The summed E-state index contributed by atoms with van der Waals surface area (Å²) < 4.78 is 7.38. The first kappa shape index (κ1) is 14.1. The molecule has 0 spiro atoms. The van der Waals surface area contributed by atoms with E-state index in [1.807, 2.05) is 36.0 Å². The molecule has 118 valence electrons. The Morgan fingerprint density at radius 1 is 1.30 bits per heavy atom. The lowest BCUT2D eigenvalue weighted by Gasteiger charge is -2.09. The van der Waals surface area contributed by atoms with Crippen molar-refractivity contribution in [3.8, 4) is 0 Å². The lowest BCUT2D eigenvalue weighted by atomic mass is 9.97. The van der Waals surface area contributed by atoms with Crippen molar-refractivity contribution in [1.82, 2.24) is 9.72 Å². The van der Waals surface area contributed by atoms with Gasteiger partial charge in [-0.3, -0.25) is 10.1 Å². The van der Waals surface area contributed by atoms with Gasteiger partial charge in [-0.15, -0.1) is 0 Å². The van der Waals surface area contributed by atoms with Crippen LogP contribution in [-0.4, -0.2) is 15.6 Å². The summed E-state index contributed by atoms with van der Waals surface area (Å²) >= 11 is 0. The molecule has 0 bridgehead atoms. The van der Waals surface area contributed by atoms with Gasteiger partial charge in [0.1, 0.15) is 0 Å². The third-order valence-corrected chi connectivity index (χ3v) is 4.54. The van der Waals surface area contributed by atoms with E-state index in [1.54, 1.807) is 0 Å². The van der Waals surface area contributed by atoms with Crippen LogP contribution in [0.4, 0.5) is 5.88 Å². The average molecular weight is 309 g/mol. The molecule has 0 saturated heterocycles. The van der Waals surface area contributed by atoms with Crippen molar-refractivity contribution in [3.05, 3.63) is 47.3 Å². The second-order valence-electron chi connectivity index (χ2n) is 6.15. The van der Waals surface area contributed by atoms with Crippen molar-refractivity contribution in [2.24, 2.45) is 7.05 Å². The average Bonchev–Trinajstić information content (AvgIpc) is 3.10. The van der Waals surface area contributed by atoms with E-state index in [0.717, 1.165) is 53.4 Å². The largest absolute Gasteiger partial charge is 0.350 e. The van der Waals surface area contributed by atoms with Crippen molar-refractivity contribution in [2.75, 3.05) is 5.32 Å². The van der Waals surface area contributed by atoms with Crippen LogP contribution in [0.2, 0.25) is 0 Å². The molecular formula is C18H19N3O2. The lowest BCUT2D eigenvalue weighted by molar-refractivity contribution is -0.115. The van der Waals surface area contributed by atoms with Crippen LogP contribution in [-0.2, 0) is 31.1 Å². The van der Waals surface area contributed by atoms with E-state index in [1.165, 1.54) is 0 Å². The maximum atomic E-state index is 12.4. The normalized spacial score (nSPS) is 14.0. The highest BCUT2D eigenvalue weighted by Crippen LogP contribution is 2.28. The van der Waals surface area contributed by atoms with Gasteiger partial charge in [0.2, 0.25) is 11.8 Å². The zero-order chi connectivity index (χ0) is 15.8. The van der Waals surface area contributed by atoms with Crippen LogP contribution < -0.4 is 5.32 Å². The summed E-state index contributed by atoms with van der Waals surface area (Å²) in [5.74, 6) is 0.468. The highest BCUT2D eigenvalue weighted by molar-refractivity contribution is 5.95. The van der Waals surface area contributed by atoms with E-state index in [4.69, 9.17) is 4.52 Å². The van der Waals surface area contributed by atoms with Crippen LogP contribution in [0.25, 0.3) is 10.9 Å². The molecule has 1 N–H and O–H groups in total. The molecule has 1 aliphatic carbocycles. The van der Waals surface area contributed by atoms with E-state index >= 15 is 0 Å². The summed E-state index contributed by atoms with van der Waals surface area (Å²) in [6, 6.07) is 8.11. The topological polar surface area (TPSA) is 60.1 Å². The van der Waals surface area contributed by atoms with Gasteiger partial charge in [0.25, 0.3) is 0 Å². The molecule has 4 rings (SSSR count). The molecule has 1 amide bonds. The first-order chi connectivity index (χ1) is 11.2. The van der Waals surface area contributed by atoms with E-state index in [0.29, 0.717) is 12.3 Å². The minimum absolute atomic E-state index is 0.0640. The molecule has 0 saturated carbocycles. The van der Waals surface area contributed by atoms with Gasteiger partial charge in [-0.25, -0.2) is 0 Å². The fourth-order valence-electron chi connectivity index (χ4n) is 3.40. The molecular weight excluding hydrogens is 290 g/mol. The second-order valence-corrected chi connectivity index (χ2v) is 6.15.